The molecule has 18 heavy (non-hydrogen) atoms. The number of hydrogen-bond acceptors (Lipinski definition) is 3. The number of nitrogens with zero attached hydrogens (tertiary/aromatic N) is 1. The zero-order chi connectivity index (χ0) is 12.8. The summed E-state index contributed by atoms with van der Waals surface area (Å²) < 4.78 is 0. The van der Waals surface area contributed by atoms with E-state index < -0.39 is 0 Å². The molecule has 0 aliphatic heterocycles. The summed E-state index contributed by atoms with van der Waals surface area (Å²) in [6, 6.07) is 16.3. The number of nitrogen functional groups attached to an aromatic ring is 1. The van der Waals surface area contributed by atoms with Gasteiger partial charge in [-0.2, -0.15) is 5.10 Å². The van der Waals surface area contributed by atoms with Crippen LogP contribution in [0.2, 0.25) is 0 Å². The maximum atomic E-state index is 11.7. The van der Waals surface area contributed by atoms with E-state index in [1.165, 1.54) is 0 Å². The molecule has 0 saturated carbocycles. The van der Waals surface area contributed by atoms with Crippen molar-refractivity contribution in [1.29, 1.82) is 0 Å². The van der Waals surface area contributed by atoms with Crippen LogP contribution in [-0.2, 0) is 0 Å². The van der Waals surface area contributed by atoms with Gasteiger partial charge in [0, 0.05) is 11.3 Å². The van der Waals surface area contributed by atoms with Gasteiger partial charge in [-0.05, 0) is 23.8 Å². The molecule has 4 heteroatoms. The van der Waals surface area contributed by atoms with Gasteiger partial charge in [-0.1, -0.05) is 36.4 Å². The highest BCUT2D eigenvalue weighted by Gasteiger charge is 2.03. The second-order valence-corrected chi connectivity index (χ2v) is 3.74. The van der Waals surface area contributed by atoms with Gasteiger partial charge in [0.25, 0.3) is 5.91 Å². The smallest absolute Gasteiger partial charge is 0.271 e. The van der Waals surface area contributed by atoms with Gasteiger partial charge in [0.2, 0.25) is 0 Å². The van der Waals surface area contributed by atoms with E-state index >= 15 is 0 Å². The number of hydrogen-bond donors (Lipinski definition) is 2. The van der Waals surface area contributed by atoms with Crippen LogP contribution in [0.5, 0.6) is 0 Å². The largest absolute Gasteiger partial charge is 0.399 e. The molecule has 0 spiro atoms. The molecule has 0 radical (unpaired) electrons. The number of rotatable bonds is 3. The van der Waals surface area contributed by atoms with Crippen molar-refractivity contribution in [1.82, 2.24) is 5.43 Å². The number of benzene rings is 2. The van der Waals surface area contributed by atoms with Crippen LogP contribution in [0.15, 0.2) is 59.7 Å². The summed E-state index contributed by atoms with van der Waals surface area (Å²) in [5.74, 6) is -0.283. The third-order valence-electron chi connectivity index (χ3n) is 2.33. The molecule has 0 fully saturated rings. The van der Waals surface area contributed by atoms with Crippen LogP contribution in [0.4, 0.5) is 5.69 Å². The first-order valence-electron chi connectivity index (χ1n) is 5.50. The third kappa shape index (κ3) is 3.18. The Morgan fingerprint density at radius 2 is 1.89 bits per heavy atom. The predicted molar refractivity (Wildman–Crippen MR) is 72.4 cm³/mol. The number of carbonyl (C=O) groups is 1. The second kappa shape index (κ2) is 5.63. The monoisotopic (exact) mass is 239 g/mol. The Morgan fingerprint density at radius 3 is 2.61 bits per heavy atom. The lowest BCUT2D eigenvalue weighted by atomic mass is 10.2. The van der Waals surface area contributed by atoms with Gasteiger partial charge in [0.15, 0.2) is 0 Å². The molecule has 0 heterocycles. The molecule has 0 bridgehead atoms. The van der Waals surface area contributed by atoms with Crippen molar-refractivity contribution in [3.8, 4) is 0 Å². The van der Waals surface area contributed by atoms with Crippen LogP contribution in [0.25, 0.3) is 0 Å². The van der Waals surface area contributed by atoms with E-state index in [1.54, 1.807) is 30.5 Å². The molecule has 0 saturated heterocycles. The lowest BCUT2D eigenvalue weighted by Gasteiger charge is -2.00. The Balaban J connectivity index is 1.99. The van der Waals surface area contributed by atoms with Crippen LogP contribution >= 0.6 is 0 Å². The Labute approximate surface area is 105 Å². The Bertz CT molecular complexity index is 564. The minimum absolute atomic E-state index is 0.283. The zero-order valence-corrected chi connectivity index (χ0v) is 9.71. The van der Waals surface area contributed by atoms with Crippen molar-refractivity contribution in [2.45, 2.75) is 0 Å². The fourth-order valence-electron chi connectivity index (χ4n) is 1.45. The van der Waals surface area contributed by atoms with E-state index in [9.17, 15) is 4.79 Å². The van der Waals surface area contributed by atoms with Crippen molar-refractivity contribution < 1.29 is 4.79 Å². The summed E-state index contributed by atoms with van der Waals surface area (Å²) in [6.45, 7) is 0. The standard InChI is InChI=1S/C14H13N3O/c15-13-8-4-7-12(9-13)14(18)17-16-10-11-5-2-1-3-6-11/h1-10H,15H2,(H,17,18)/b16-10-. The fourth-order valence-corrected chi connectivity index (χ4v) is 1.45. The molecule has 2 aromatic rings. The molecule has 0 aliphatic rings. The number of amides is 1. The molecule has 3 N–H and O–H groups in total. The molecule has 1 amide bonds. The molecule has 4 nitrogen and oxygen atoms in total. The number of anilines is 1. The summed E-state index contributed by atoms with van der Waals surface area (Å²) in [7, 11) is 0. The van der Waals surface area contributed by atoms with Crippen LogP contribution in [0.3, 0.4) is 0 Å². The van der Waals surface area contributed by atoms with Crippen molar-refractivity contribution >= 4 is 17.8 Å². The molecule has 2 rings (SSSR count). The van der Waals surface area contributed by atoms with Crippen LogP contribution in [0, 0.1) is 0 Å². The minimum Gasteiger partial charge on any atom is -0.399 e. The Hall–Kier alpha value is -2.62. The Morgan fingerprint density at radius 1 is 1.11 bits per heavy atom. The van der Waals surface area contributed by atoms with Gasteiger partial charge >= 0.3 is 0 Å². The highest BCUT2D eigenvalue weighted by Crippen LogP contribution is 2.05. The molecule has 0 unspecified atom stereocenters. The maximum absolute atomic E-state index is 11.7. The molecule has 2 aromatic carbocycles. The third-order valence-corrected chi connectivity index (χ3v) is 2.33. The van der Waals surface area contributed by atoms with Gasteiger partial charge in [0.05, 0.1) is 6.21 Å². The van der Waals surface area contributed by atoms with Crippen molar-refractivity contribution in [2.75, 3.05) is 5.73 Å². The summed E-state index contributed by atoms with van der Waals surface area (Å²) in [4.78, 5) is 11.7. The molecular weight excluding hydrogens is 226 g/mol. The van der Waals surface area contributed by atoms with Gasteiger partial charge in [-0.3, -0.25) is 4.79 Å². The second-order valence-electron chi connectivity index (χ2n) is 3.74. The number of carbonyl (C=O) groups excluding carboxylic acids is 1. The summed E-state index contributed by atoms with van der Waals surface area (Å²) in [5.41, 5.74) is 10.0. The number of nitrogens with two attached hydrogens (primary N) is 1. The summed E-state index contributed by atoms with van der Waals surface area (Å²) in [6.07, 6.45) is 1.59. The molecule has 0 aliphatic carbocycles. The number of nitrogens with one attached hydrogen (secondary N) is 1. The summed E-state index contributed by atoms with van der Waals surface area (Å²) >= 11 is 0. The Kier molecular flexibility index (Phi) is 3.71. The fraction of sp³-hybridized carbons (Fsp3) is 0. The van der Waals surface area contributed by atoms with Crippen molar-refractivity contribution in [3.63, 3.8) is 0 Å². The van der Waals surface area contributed by atoms with Gasteiger partial charge in [-0.25, -0.2) is 5.43 Å². The average molecular weight is 239 g/mol. The highest BCUT2D eigenvalue weighted by atomic mass is 16.2. The van der Waals surface area contributed by atoms with Gasteiger partial charge in [0.1, 0.15) is 0 Å². The summed E-state index contributed by atoms with van der Waals surface area (Å²) in [5, 5.41) is 3.88. The molecule has 90 valence electrons. The quantitative estimate of drug-likeness (QED) is 0.489. The van der Waals surface area contributed by atoms with E-state index in [-0.39, 0.29) is 5.91 Å². The molecular formula is C14H13N3O. The lowest BCUT2D eigenvalue weighted by Crippen LogP contribution is -2.17. The van der Waals surface area contributed by atoms with E-state index in [0.29, 0.717) is 11.3 Å². The van der Waals surface area contributed by atoms with Crippen molar-refractivity contribution in [2.24, 2.45) is 5.10 Å². The van der Waals surface area contributed by atoms with E-state index in [2.05, 4.69) is 10.5 Å². The normalized spacial score (nSPS) is 10.4. The first-order valence-corrected chi connectivity index (χ1v) is 5.50. The van der Waals surface area contributed by atoms with Crippen molar-refractivity contribution in [3.05, 3.63) is 65.7 Å². The van der Waals surface area contributed by atoms with Crippen LogP contribution in [-0.4, -0.2) is 12.1 Å². The lowest BCUT2D eigenvalue weighted by molar-refractivity contribution is 0.0955. The zero-order valence-electron chi connectivity index (χ0n) is 9.71. The predicted octanol–water partition coefficient (Wildman–Crippen LogP) is 2.03. The first kappa shape index (κ1) is 11.9. The minimum atomic E-state index is -0.283. The average Bonchev–Trinajstić information content (AvgIpc) is 2.40. The SMILES string of the molecule is Nc1cccc(C(=O)N/N=C\c2ccccc2)c1. The van der Waals surface area contributed by atoms with Gasteiger partial charge in [-0.15, -0.1) is 0 Å². The molecule has 0 atom stereocenters. The highest BCUT2D eigenvalue weighted by molar-refractivity contribution is 5.95. The van der Waals surface area contributed by atoms with E-state index in [0.717, 1.165) is 5.56 Å². The van der Waals surface area contributed by atoms with Crippen LogP contribution in [0.1, 0.15) is 15.9 Å². The number of hydrazone groups is 1. The molecule has 0 aromatic heterocycles. The van der Waals surface area contributed by atoms with E-state index in [4.69, 9.17) is 5.73 Å². The maximum Gasteiger partial charge on any atom is 0.271 e. The first-order chi connectivity index (χ1) is 8.75. The van der Waals surface area contributed by atoms with Crippen LogP contribution < -0.4 is 11.2 Å². The van der Waals surface area contributed by atoms with E-state index in [1.807, 2.05) is 30.3 Å². The van der Waals surface area contributed by atoms with Gasteiger partial charge < -0.3 is 5.73 Å². The topological polar surface area (TPSA) is 67.5 Å².